The van der Waals surface area contributed by atoms with E-state index in [-0.39, 0.29) is 6.61 Å². The largest absolute Gasteiger partial charge is 0.493 e. The molecule has 0 heterocycles. The van der Waals surface area contributed by atoms with E-state index in [2.05, 4.69) is 10.2 Å². The fourth-order valence-corrected chi connectivity index (χ4v) is 3.41. The quantitative estimate of drug-likeness (QED) is 0.252. The van der Waals surface area contributed by atoms with Crippen molar-refractivity contribution in [3.05, 3.63) is 95.1 Å². The molecule has 0 saturated carbocycles. The summed E-state index contributed by atoms with van der Waals surface area (Å²) < 4.78 is 49.8. The van der Waals surface area contributed by atoms with Gasteiger partial charge in [0.05, 0.1) is 18.9 Å². The number of hydrogen-bond donors (Lipinski definition) is 1. The number of amidine groups is 1. The molecular weight excluding hydrogens is 451 g/mol. The smallest absolute Gasteiger partial charge is 0.416 e. The Kier molecular flexibility index (Phi) is 8.37. The van der Waals surface area contributed by atoms with Gasteiger partial charge < -0.3 is 15.2 Å². The van der Waals surface area contributed by atoms with Crippen molar-refractivity contribution < 1.29 is 22.6 Å². The summed E-state index contributed by atoms with van der Waals surface area (Å²) in [5, 5.41) is 8.31. The minimum Gasteiger partial charge on any atom is -0.493 e. The third-order valence-corrected chi connectivity index (χ3v) is 5.28. The normalized spacial score (nSPS) is 12.2. The maximum atomic E-state index is 12.9. The van der Waals surface area contributed by atoms with E-state index in [0.717, 1.165) is 17.7 Å². The van der Waals surface area contributed by atoms with Gasteiger partial charge in [0.2, 0.25) is 0 Å². The number of rotatable bonds is 8. The molecule has 0 radical (unpaired) electrons. The molecule has 5 nitrogen and oxygen atoms in total. The molecule has 0 bridgehead atoms. The summed E-state index contributed by atoms with van der Waals surface area (Å²) in [7, 11) is 1.48. The van der Waals surface area contributed by atoms with Crippen LogP contribution in [0.1, 0.15) is 22.3 Å². The van der Waals surface area contributed by atoms with Crippen molar-refractivity contribution in [1.82, 2.24) is 0 Å². The summed E-state index contributed by atoms with van der Waals surface area (Å²) >= 11 is 1.37. The summed E-state index contributed by atoms with van der Waals surface area (Å²) in [4.78, 5) is 0. The monoisotopic (exact) mass is 473 g/mol. The van der Waals surface area contributed by atoms with Crippen LogP contribution in [0.3, 0.4) is 0 Å². The Morgan fingerprint density at radius 2 is 1.73 bits per heavy atom. The molecule has 0 aliphatic carbocycles. The van der Waals surface area contributed by atoms with Crippen LogP contribution in [-0.4, -0.2) is 18.5 Å². The molecule has 3 aromatic rings. The van der Waals surface area contributed by atoms with E-state index in [0.29, 0.717) is 33.5 Å². The van der Waals surface area contributed by atoms with Gasteiger partial charge in [-0.05, 0) is 47.0 Å². The Morgan fingerprint density at radius 1 is 0.970 bits per heavy atom. The molecule has 0 spiro atoms. The zero-order chi connectivity index (χ0) is 23.7. The Bertz CT molecular complexity index is 1120. The van der Waals surface area contributed by atoms with Gasteiger partial charge in [-0.1, -0.05) is 54.2 Å². The van der Waals surface area contributed by atoms with Gasteiger partial charge in [-0.3, -0.25) is 0 Å². The minimum atomic E-state index is -4.41. The number of ether oxygens (including phenoxy) is 2. The van der Waals surface area contributed by atoms with Crippen LogP contribution in [0.2, 0.25) is 0 Å². The Morgan fingerprint density at radius 3 is 2.45 bits per heavy atom. The molecule has 33 heavy (non-hydrogen) atoms. The molecule has 0 unspecified atom stereocenters. The summed E-state index contributed by atoms with van der Waals surface area (Å²) in [5.74, 6) is 1.50. The summed E-state index contributed by atoms with van der Waals surface area (Å²) in [6.45, 7) is -0.0535. The van der Waals surface area contributed by atoms with E-state index in [1.54, 1.807) is 24.3 Å². The third kappa shape index (κ3) is 7.57. The maximum absolute atomic E-state index is 12.9. The Labute approximate surface area is 194 Å². The lowest BCUT2D eigenvalue weighted by molar-refractivity contribution is -0.137. The first-order valence-electron chi connectivity index (χ1n) is 9.85. The van der Waals surface area contributed by atoms with Gasteiger partial charge in [0.25, 0.3) is 0 Å². The molecule has 3 aromatic carbocycles. The molecule has 9 heteroatoms. The molecule has 0 atom stereocenters. The SMILES string of the molecule is COc1ccc(C=NN=C(N)SCc2ccccc2)cc1OCc1cccc(C(F)(F)F)c1. The van der Waals surface area contributed by atoms with Gasteiger partial charge in [-0.15, -0.1) is 5.10 Å². The first kappa shape index (κ1) is 24.2. The first-order valence-corrected chi connectivity index (χ1v) is 10.8. The number of methoxy groups -OCH3 is 1. The lowest BCUT2D eigenvalue weighted by atomic mass is 10.1. The number of alkyl halides is 3. The molecule has 2 N–H and O–H groups in total. The van der Waals surface area contributed by atoms with Gasteiger partial charge in [0.15, 0.2) is 16.7 Å². The number of benzene rings is 3. The molecule has 0 aliphatic rings. The summed E-state index contributed by atoms with van der Waals surface area (Å²) in [6.07, 6.45) is -2.90. The van der Waals surface area contributed by atoms with E-state index in [1.165, 1.54) is 31.2 Å². The standard InChI is InChI=1S/C24H22F3N3O2S/c1-31-21-11-10-18(14-29-30-23(28)33-16-17-6-3-2-4-7-17)13-22(21)32-15-19-8-5-9-20(12-19)24(25,26)27/h2-14H,15-16H2,1H3,(H2,28,30). The average molecular weight is 474 g/mol. The third-order valence-electron chi connectivity index (χ3n) is 4.43. The van der Waals surface area contributed by atoms with Gasteiger partial charge in [-0.25, -0.2) is 0 Å². The molecule has 0 aromatic heterocycles. The van der Waals surface area contributed by atoms with E-state index in [1.807, 2.05) is 30.3 Å². The molecule has 0 aliphatic heterocycles. The Balaban J connectivity index is 1.64. The highest BCUT2D eigenvalue weighted by molar-refractivity contribution is 8.13. The Hall–Kier alpha value is -3.46. The van der Waals surface area contributed by atoms with Crippen molar-refractivity contribution in [3.8, 4) is 11.5 Å². The maximum Gasteiger partial charge on any atom is 0.416 e. The van der Waals surface area contributed by atoms with E-state index >= 15 is 0 Å². The summed E-state index contributed by atoms with van der Waals surface area (Å²) in [5.41, 5.74) is 7.35. The van der Waals surface area contributed by atoms with Crippen LogP contribution in [-0.2, 0) is 18.5 Å². The van der Waals surface area contributed by atoms with Crippen LogP contribution in [0.4, 0.5) is 13.2 Å². The van der Waals surface area contributed by atoms with E-state index < -0.39 is 11.7 Å². The number of halogens is 3. The molecule has 0 amide bonds. The highest BCUT2D eigenvalue weighted by atomic mass is 32.2. The summed E-state index contributed by atoms with van der Waals surface area (Å²) in [6, 6.07) is 20.0. The zero-order valence-electron chi connectivity index (χ0n) is 17.8. The van der Waals surface area contributed by atoms with E-state index in [4.69, 9.17) is 15.2 Å². The predicted octanol–water partition coefficient (Wildman–Crippen LogP) is 5.88. The van der Waals surface area contributed by atoms with Gasteiger partial charge in [0, 0.05) is 5.75 Å². The van der Waals surface area contributed by atoms with Crippen LogP contribution in [0, 0.1) is 0 Å². The van der Waals surface area contributed by atoms with Crippen molar-refractivity contribution in [2.24, 2.45) is 15.9 Å². The lowest BCUT2D eigenvalue weighted by Gasteiger charge is -2.13. The van der Waals surface area contributed by atoms with Crippen LogP contribution in [0.25, 0.3) is 0 Å². The van der Waals surface area contributed by atoms with Crippen LogP contribution < -0.4 is 15.2 Å². The van der Waals surface area contributed by atoms with Crippen LogP contribution in [0.15, 0.2) is 83.0 Å². The fourth-order valence-electron chi connectivity index (χ4n) is 2.80. The minimum absolute atomic E-state index is 0.0535. The second kappa shape index (κ2) is 11.4. The molecular formula is C24H22F3N3O2S. The fraction of sp³-hybridized carbons (Fsp3) is 0.167. The number of thioether (sulfide) groups is 1. The highest BCUT2D eigenvalue weighted by Crippen LogP contribution is 2.31. The van der Waals surface area contributed by atoms with Crippen molar-refractivity contribution in [2.45, 2.75) is 18.5 Å². The van der Waals surface area contributed by atoms with Gasteiger partial charge in [-0.2, -0.15) is 18.3 Å². The van der Waals surface area contributed by atoms with Gasteiger partial charge >= 0.3 is 6.18 Å². The van der Waals surface area contributed by atoms with Crippen LogP contribution >= 0.6 is 11.8 Å². The van der Waals surface area contributed by atoms with E-state index in [9.17, 15) is 13.2 Å². The highest BCUT2D eigenvalue weighted by Gasteiger charge is 2.30. The predicted molar refractivity (Wildman–Crippen MR) is 126 cm³/mol. The van der Waals surface area contributed by atoms with Crippen molar-refractivity contribution in [1.29, 1.82) is 0 Å². The first-order chi connectivity index (χ1) is 15.8. The second-order valence-electron chi connectivity index (χ2n) is 6.85. The molecule has 0 fully saturated rings. The van der Waals surface area contributed by atoms with Crippen molar-refractivity contribution in [2.75, 3.05) is 7.11 Å². The van der Waals surface area contributed by atoms with Gasteiger partial charge in [0.1, 0.15) is 6.61 Å². The molecule has 172 valence electrons. The zero-order valence-corrected chi connectivity index (χ0v) is 18.6. The van der Waals surface area contributed by atoms with Crippen LogP contribution in [0.5, 0.6) is 11.5 Å². The molecule has 0 saturated heterocycles. The number of nitrogens with two attached hydrogens (primary N) is 1. The topological polar surface area (TPSA) is 69.2 Å². The van der Waals surface area contributed by atoms with Crippen molar-refractivity contribution in [3.63, 3.8) is 0 Å². The lowest BCUT2D eigenvalue weighted by Crippen LogP contribution is -2.06. The average Bonchev–Trinajstić information content (AvgIpc) is 2.82. The van der Waals surface area contributed by atoms with Crippen molar-refractivity contribution >= 4 is 23.1 Å². The molecule has 3 rings (SSSR count). The second-order valence-corrected chi connectivity index (χ2v) is 7.85. The number of nitrogens with zero attached hydrogens (tertiary/aromatic N) is 2. The number of hydrogen-bond acceptors (Lipinski definition) is 5.